The lowest BCUT2D eigenvalue weighted by atomic mass is 10.2. The summed E-state index contributed by atoms with van der Waals surface area (Å²) in [6.45, 7) is 0. The second kappa shape index (κ2) is 6.77. The van der Waals surface area contributed by atoms with E-state index in [1.165, 1.54) is 10.8 Å². The fraction of sp³-hybridized carbons (Fsp3) is 1.00. The van der Waals surface area contributed by atoms with Crippen molar-refractivity contribution in [3.63, 3.8) is 0 Å². The molecule has 0 spiro atoms. The highest BCUT2D eigenvalue weighted by Crippen LogP contribution is 2.03. The van der Waals surface area contributed by atoms with Crippen molar-refractivity contribution in [2.75, 3.05) is 4.43 Å². The maximum Gasteiger partial charge on any atom is 0.151 e. The molecule has 0 bridgehead atoms. The van der Waals surface area contributed by atoms with E-state index in [2.05, 4.69) is 22.6 Å². The van der Waals surface area contributed by atoms with Crippen LogP contribution < -0.4 is 0 Å². The van der Waals surface area contributed by atoms with Gasteiger partial charge in [-0.3, -0.25) is 0 Å². The topological polar surface area (TPSA) is 40.5 Å². The molecule has 56 valence electrons. The Morgan fingerprint density at radius 3 is 2.22 bits per heavy atom. The first-order valence-electron chi connectivity index (χ1n) is 3.19. The minimum absolute atomic E-state index is 0.524. The lowest BCUT2D eigenvalue weighted by Gasteiger charge is -2.00. The molecule has 0 radical (unpaired) electrons. The molecule has 0 rings (SSSR count). The Labute approximate surface area is 69.4 Å². The number of aliphatic hydroxyl groups excluding tert-OH is 1. The second-order valence-electron chi connectivity index (χ2n) is 2.02. The Kier molecular flexibility index (Phi) is 7.25. The summed E-state index contributed by atoms with van der Waals surface area (Å²) in [4.78, 5) is 0. The first kappa shape index (κ1) is 9.65. The molecule has 0 aromatic rings. The van der Waals surface area contributed by atoms with E-state index in [4.69, 9.17) is 10.2 Å². The second-order valence-corrected chi connectivity index (χ2v) is 3.10. The summed E-state index contributed by atoms with van der Waals surface area (Å²) in [7, 11) is 0. The fourth-order valence-corrected chi connectivity index (χ4v) is 1.14. The van der Waals surface area contributed by atoms with Crippen LogP contribution in [0.4, 0.5) is 0 Å². The number of aliphatic hydroxyl groups is 2. The van der Waals surface area contributed by atoms with Crippen molar-refractivity contribution in [3.8, 4) is 0 Å². The lowest BCUT2D eigenvalue weighted by molar-refractivity contribution is -0.0465. The minimum atomic E-state index is -1.10. The van der Waals surface area contributed by atoms with E-state index in [0.717, 1.165) is 12.8 Å². The van der Waals surface area contributed by atoms with Crippen LogP contribution >= 0.6 is 22.6 Å². The standard InChI is InChI=1S/C6H13IO2/c7-5-3-1-2-4-6(8)9/h6,8-9H,1-5H2. The number of hydrogen-bond donors (Lipinski definition) is 2. The van der Waals surface area contributed by atoms with Gasteiger partial charge in [-0.25, -0.2) is 0 Å². The van der Waals surface area contributed by atoms with Gasteiger partial charge in [0.15, 0.2) is 6.29 Å². The van der Waals surface area contributed by atoms with Crippen LogP contribution in [0.25, 0.3) is 0 Å². The van der Waals surface area contributed by atoms with Gasteiger partial charge in [-0.2, -0.15) is 0 Å². The first-order chi connectivity index (χ1) is 4.27. The van der Waals surface area contributed by atoms with Crippen LogP contribution in [0.15, 0.2) is 0 Å². The third-order valence-corrected chi connectivity index (χ3v) is 1.86. The molecular formula is C6H13IO2. The molecule has 0 aliphatic carbocycles. The molecule has 2 nitrogen and oxygen atoms in total. The average Bonchev–Trinajstić information content (AvgIpc) is 1.80. The third kappa shape index (κ3) is 8.65. The number of rotatable bonds is 5. The Bertz CT molecular complexity index is 57.0. The van der Waals surface area contributed by atoms with E-state index in [9.17, 15) is 0 Å². The smallest absolute Gasteiger partial charge is 0.151 e. The van der Waals surface area contributed by atoms with Crippen molar-refractivity contribution in [2.24, 2.45) is 0 Å². The van der Waals surface area contributed by atoms with Crippen molar-refractivity contribution in [3.05, 3.63) is 0 Å². The minimum Gasteiger partial charge on any atom is -0.368 e. The van der Waals surface area contributed by atoms with Gasteiger partial charge in [0.1, 0.15) is 0 Å². The fourth-order valence-electron chi connectivity index (χ4n) is 0.598. The summed E-state index contributed by atoms with van der Waals surface area (Å²) in [5.41, 5.74) is 0. The molecule has 0 aromatic carbocycles. The van der Waals surface area contributed by atoms with Crippen LogP contribution in [-0.4, -0.2) is 20.9 Å². The largest absolute Gasteiger partial charge is 0.368 e. The monoisotopic (exact) mass is 244 g/mol. The summed E-state index contributed by atoms with van der Waals surface area (Å²) in [5, 5.41) is 16.8. The van der Waals surface area contributed by atoms with Crippen LogP contribution in [0.1, 0.15) is 25.7 Å². The van der Waals surface area contributed by atoms with Gasteiger partial charge in [0.2, 0.25) is 0 Å². The molecule has 0 aliphatic heterocycles. The molecule has 0 saturated heterocycles. The SMILES string of the molecule is OC(O)CCCCCI. The van der Waals surface area contributed by atoms with Crippen molar-refractivity contribution in [1.82, 2.24) is 0 Å². The Morgan fingerprint density at radius 2 is 1.78 bits per heavy atom. The van der Waals surface area contributed by atoms with Crippen LogP contribution in [0, 0.1) is 0 Å². The first-order valence-corrected chi connectivity index (χ1v) is 4.72. The van der Waals surface area contributed by atoms with Gasteiger partial charge in [-0.05, 0) is 23.7 Å². The van der Waals surface area contributed by atoms with Gasteiger partial charge < -0.3 is 10.2 Å². The van der Waals surface area contributed by atoms with Crippen LogP contribution in [0.5, 0.6) is 0 Å². The number of hydrogen-bond acceptors (Lipinski definition) is 2. The summed E-state index contributed by atoms with van der Waals surface area (Å²) < 4.78 is 1.17. The Balaban J connectivity index is 2.75. The van der Waals surface area contributed by atoms with Gasteiger partial charge in [0.25, 0.3) is 0 Å². The zero-order chi connectivity index (χ0) is 7.11. The van der Waals surface area contributed by atoms with E-state index < -0.39 is 6.29 Å². The van der Waals surface area contributed by atoms with Gasteiger partial charge in [0.05, 0.1) is 0 Å². The van der Waals surface area contributed by atoms with Crippen molar-refractivity contribution in [2.45, 2.75) is 32.0 Å². The quantitative estimate of drug-likeness (QED) is 0.331. The number of halogens is 1. The van der Waals surface area contributed by atoms with Gasteiger partial charge in [-0.1, -0.05) is 29.0 Å². The molecule has 0 heterocycles. The summed E-state index contributed by atoms with van der Waals surface area (Å²) >= 11 is 2.32. The predicted octanol–water partition coefficient (Wildman–Crippen LogP) is 1.29. The van der Waals surface area contributed by atoms with Crippen LogP contribution in [-0.2, 0) is 0 Å². The molecule has 0 aromatic heterocycles. The highest BCUT2D eigenvalue weighted by molar-refractivity contribution is 14.1. The normalized spacial score (nSPS) is 10.7. The highest BCUT2D eigenvalue weighted by Gasteiger charge is 1.94. The summed E-state index contributed by atoms with van der Waals surface area (Å²) in [5.74, 6) is 0. The van der Waals surface area contributed by atoms with E-state index in [1.54, 1.807) is 0 Å². The van der Waals surface area contributed by atoms with E-state index in [1.807, 2.05) is 0 Å². The molecule has 0 atom stereocenters. The van der Waals surface area contributed by atoms with Gasteiger partial charge in [0, 0.05) is 0 Å². The highest BCUT2D eigenvalue weighted by atomic mass is 127. The summed E-state index contributed by atoms with van der Waals surface area (Å²) in [6, 6.07) is 0. The molecule has 0 unspecified atom stereocenters. The number of unbranched alkanes of at least 4 members (excludes halogenated alkanes) is 2. The average molecular weight is 244 g/mol. The van der Waals surface area contributed by atoms with Crippen molar-refractivity contribution < 1.29 is 10.2 Å². The molecule has 0 amide bonds. The third-order valence-electron chi connectivity index (χ3n) is 1.10. The maximum absolute atomic E-state index is 8.41. The Morgan fingerprint density at radius 1 is 1.11 bits per heavy atom. The molecule has 3 heteroatoms. The zero-order valence-corrected chi connectivity index (χ0v) is 7.54. The molecule has 2 N–H and O–H groups in total. The summed E-state index contributed by atoms with van der Waals surface area (Å²) in [6.07, 6.45) is 2.66. The van der Waals surface area contributed by atoms with Crippen LogP contribution in [0.3, 0.4) is 0 Å². The maximum atomic E-state index is 8.41. The Hall–Kier alpha value is 0.650. The van der Waals surface area contributed by atoms with Gasteiger partial charge >= 0.3 is 0 Å². The van der Waals surface area contributed by atoms with Crippen molar-refractivity contribution >= 4 is 22.6 Å². The predicted molar refractivity (Wildman–Crippen MR) is 45.6 cm³/mol. The van der Waals surface area contributed by atoms with E-state index >= 15 is 0 Å². The van der Waals surface area contributed by atoms with Crippen LogP contribution in [0.2, 0.25) is 0 Å². The van der Waals surface area contributed by atoms with E-state index in [-0.39, 0.29) is 0 Å². The number of alkyl halides is 1. The molecular weight excluding hydrogens is 231 g/mol. The van der Waals surface area contributed by atoms with Gasteiger partial charge in [-0.15, -0.1) is 0 Å². The van der Waals surface area contributed by atoms with E-state index in [0.29, 0.717) is 6.42 Å². The molecule has 0 saturated carbocycles. The zero-order valence-electron chi connectivity index (χ0n) is 5.39. The molecule has 0 fully saturated rings. The van der Waals surface area contributed by atoms with Crippen molar-refractivity contribution in [1.29, 1.82) is 0 Å². The molecule has 0 aliphatic rings. The lowest BCUT2D eigenvalue weighted by Crippen LogP contribution is -2.02. The molecule has 9 heavy (non-hydrogen) atoms.